The lowest BCUT2D eigenvalue weighted by atomic mass is 10.2. The number of carboxylic acids is 1. The third-order valence-corrected chi connectivity index (χ3v) is 3.43. The molecule has 22 heavy (non-hydrogen) atoms. The standard InChI is InChI=1S/C15H17BrN2O4/c1-15(2,3)22-14(21)17-11-7-18(8-12(19)20)13-9(11)5-4-6-10(13)16/h4-7H,8H2,1-3H3,(H,17,21)(H,19,20). The smallest absolute Gasteiger partial charge is 0.412 e. The summed E-state index contributed by atoms with van der Waals surface area (Å²) in [4.78, 5) is 22.9. The van der Waals surface area contributed by atoms with Gasteiger partial charge in [-0.1, -0.05) is 12.1 Å². The zero-order chi connectivity index (χ0) is 16.5. The van der Waals surface area contributed by atoms with Crippen LogP contribution in [0.3, 0.4) is 0 Å². The van der Waals surface area contributed by atoms with Gasteiger partial charge in [-0.25, -0.2) is 4.79 Å². The molecule has 2 N–H and O–H groups in total. The van der Waals surface area contributed by atoms with Gasteiger partial charge >= 0.3 is 12.1 Å². The highest BCUT2D eigenvalue weighted by atomic mass is 79.9. The van der Waals surface area contributed by atoms with Crippen LogP contribution in [0.1, 0.15) is 20.8 Å². The lowest BCUT2D eigenvalue weighted by Crippen LogP contribution is -2.27. The molecule has 0 aliphatic heterocycles. The zero-order valence-electron chi connectivity index (χ0n) is 12.5. The number of aliphatic carboxylic acids is 1. The van der Waals surface area contributed by atoms with Crippen molar-refractivity contribution in [1.82, 2.24) is 4.57 Å². The van der Waals surface area contributed by atoms with Gasteiger partial charge in [0.2, 0.25) is 0 Å². The van der Waals surface area contributed by atoms with Crippen molar-refractivity contribution in [2.75, 3.05) is 5.32 Å². The molecule has 6 nitrogen and oxygen atoms in total. The first kappa shape index (κ1) is 16.4. The second-order valence-corrected chi connectivity index (χ2v) is 6.68. The number of carboxylic acid groups (broad SMARTS) is 1. The van der Waals surface area contributed by atoms with E-state index in [9.17, 15) is 9.59 Å². The number of amides is 1. The Bertz CT molecular complexity index is 731. The Kier molecular flexibility index (Phi) is 4.46. The van der Waals surface area contributed by atoms with E-state index in [1.54, 1.807) is 31.5 Å². The maximum Gasteiger partial charge on any atom is 0.412 e. The summed E-state index contributed by atoms with van der Waals surface area (Å²) in [5.74, 6) is -0.962. The molecule has 0 saturated carbocycles. The number of halogens is 1. The highest BCUT2D eigenvalue weighted by Crippen LogP contribution is 2.31. The van der Waals surface area contributed by atoms with Crippen molar-refractivity contribution >= 4 is 44.6 Å². The first-order chi connectivity index (χ1) is 10.2. The molecule has 0 radical (unpaired) electrons. The molecule has 0 unspecified atom stereocenters. The van der Waals surface area contributed by atoms with Gasteiger partial charge in [-0.05, 0) is 42.8 Å². The predicted molar refractivity (Wildman–Crippen MR) is 87.1 cm³/mol. The second-order valence-electron chi connectivity index (χ2n) is 5.83. The lowest BCUT2D eigenvalue weighted by Gasteiger charge is -2.19. The first-order valence-corrected chi connectivity index (χ1v) is 7.46. The largest absolute Gasteiger partial charge is 0.480 e. The SMILES string of the molecule is CC(C)(C)OC(=O)Nc1cn(CC(=O)O)c2c(Br)cccc12. The molecule has 7 heteroatoms. The Balaban J connectivity index is 2.40. The Labute approximate surface area is 136 Å². The Morgan fingerprint density at radius 2 is 2.05 bits per heavy atom. The molecule has 118 valence electrons. The average Bonchev–Trinajstić information content (AvgIpc) is 2.65. The van der Waals surface area contributed by atoms with Crippen molar-refractivity contribution in [2.45, 2.75) is 32.9 Å². The topological polar surface area (TPSA) is 80.6 Å². The minimum atomic E-state index is -0.962. The molecule has 0 spiro atoms. The number of nitrogens with zero attached hydrogens (tertiary/aromatic N) is 1. The fourth-order valence-corrected chi connectivity index (χ4v) is 2.69. The molecule has 2 rings (SSSR count). The summed E-state index contributed by atoms with van der Waals surface area (Å²) in [6.45, 7) is 5.12. The number of carbonyl (C=O) groups excluding carboxylic acids is 1. The van der Waals surface area contributed by atoms with E-state index in [0.29, 0.717) is 11.2 Å². The number of hydrogen-bond acceptors (Lipinski definition) is 3. The highest BCUT2D eigenvalue weighted by Gasteiger charge is 2.19. The fourth-order valence-electron chi connectivity index (χ4n) is 2.10. The van der Waals surface area contributed by atoms with Gasteiger partial charge in [-0.3, -0.25) is 10.1 Å². The fraction of sp³-hybridized carbons (Fsp3) is 0.333. The zero-order valence-corrected chi connectivity index (χ0v) is 14.1. The summed E-state index contributed by atoms with van der Waals surface area (Å²) in [5.41, 5.74) is 0.604. The molecule has 1 heterocycles. The third kappa shape index (κ3) is 3.79. The highest BCUT2D eigenvalue weighted by molar-refractivity contribution is 9.10. The van der Waals surface area contributed by atoms with Gasteiger partial charge < -0.3 is 14.4 Å². The predicted octanol–water partition coefficient (Wildman–Crippen LogP) is 3.84. The quantitative estimate of drug-likeness (QED) is 0.862. The van der Waals surface area contributed by atoms with E-state index in [2.05, 4.69) is 21.2 Å². The number of fused-ring (bicyclic) bond motifs is 1. The van der Waals surface area contributed by atoms with Crippen LogP contribution in [-0.4, -0.2) is 27.3 Å². The van der Waals surface area contributed by atoms with Crippen molar-refractivity contribution in [3.63, 3.8) is 0 Å². The van der Waals surface area contributed by atoms with Crippen LogP contribution in [0.2, 0.25) is 0 Å². The van der Waals surface area contributed by atoms with Crippen molar-refractivity contribution in [3.8, 4) is 0 Å². The number of anilines is 1. The van der Waals surface area contributed by atoms with E-state index in [1.165, 1.54) is 0 Å². The number of rotatable bonds is 3. The van der Waals surface area contributed by atoms with Gasteiger partial charge in [-0.15, -0.1) is 0 Å². The monoisotopic (exact) mass is 368 g/mol. The van der Waals surface area contributed by atoms with E-state index in [0.717, 1.165) is 9.86 Å². The van der Waals surface area contributed by atoms with Crippen molar-refractivity contribution in [3.05, 3.63) is 28.9 Å². The maximum absolute atomic E-state index is 11.9. The molecule has 1 amide bonds. The summed E-state index contributed by atoms with van der Waals surface area (Å²) < 4.78 is 7.54. The van der Waals surface area contributed by atoms with Crippen LogP contribution in [0.25, 0.3) is 10.9 Å². The Morgan fingerprint density at radius 3 is 2.64 bits per heavy atom. The van der Waals surface area contributed by atoms with E-state index in [1.807, 2.05) is 18.2 Å². The number of aromatic nitrogens is 1. The third-order valence-electron chi connectivity index (χ3n) is 2.79. The molecule has 1 aromatic carbocycles. The lowest BCUT2D eigenvalue weighted by molar-refractivity contribution is -0.137. The molecule has 0 saturated heterocycles. The van der Waals surface area contributed by atoms with Crippen LogP contribution in [0.4, 0.5) is 10.5 Å². The number of ether oxygens (including phenoxy) is 1. The summed E-state index contributed by atoms with van der Waals surface area (Å²) in [5, 5.41) is 12.4. The van der Waals surface area contributed by atoms with E-state index < -0.39 is 17.7 Å². The summed E-state index contributed by atoms with van der Waals surface area (Å²) in [6, 6.07) is 5.45. The molecular formula is C15H17BrN2O4. The van der Waals surface area contributed by atoms with Crippen molar-refractivity contribution in [1.29, 1.82) is 0 Å². The number of para-hydroxylation sites is 1. The van der Waals surface area contributed by atoms with Gasteiger partial charge in [-0.2, -0.15) is 0 Å². The summed E-state index contributed by atoms with van der Waals surface area (Å²) in [6.07, 6.45) is 1.01. The van der Waals surface area contributed by atoms with Gasteiger partial charge in [0, 0.05) is 16.1 Å². The van der Waals surface area contributed by atoms with E-state index >= 15 is 0 Å². The number of carbonyl (C=O) groups is 2. The normalized spacial score (nSPS) is 11.5. The Hall–Kier alpha value is -2.02. The number of nitrogens with one attached hydrogen (secondary N) is 1. The number of hydrogen-bond donors (Lipinski definition) is 2. The minimum absolute atomic E-state index is 0.199. The molecule has 0 aliphatic carbocycles. The van der Waals surface area contributed by atoms with Crippen LogP contribution < -0.4 is 5.32 Å². The van der Waals surface area contributed by atoms with E-state index in [4.69, 9.17) is 9.84 Å². The molecule has 0 atom stereocenters. The van der Waals surface area contributed by atoms with Crippen LogP contribution in [0.15, 0.2) is 28.9 Å². The second kappa shape index (κ2) is 6.00. The number of benzene rings is 1. The molecule has 0 bridgehead atoms. The van der Waals surface area contributed by atoms with Gasteiger partial charge in [0.05, 0.1) is 11.2 Å². The van der Waals surface area contributed by atoms with Crippen LogP contribution in [0, 0.1) is 0 Å². The van der Waals surface area contributed by atoms with Crippen LogP contribution in [-0.2, 0) is 16.1 Å². The van der Waals surface area contributed by atoms with Crippen LogP contribution in [0.5, 0.6) is 0 Å². The van der Waals surface area contributed by atoms with Crippen molar-refractivity contribution in [2.24, 2.45) is 0 Å². The molecular weight excluding hydrogens is 352 g/mol. The summed E-state index contributed by atoms with van der Waals surface area (Å²) >= 11 is 3.41. The van der Waals surface area contributed by atoms with E-state index in [-0.39, 0.29) is 6.54 Å². The molecule has 1 aromatic heterocycles. The molecule has 0 fully saturated rings. The van der Waals surface area contributed by atoms with Crippen LogP contribution >= 0.6 is 15.9 Å². The summed E-state index contributed by atoms with van der Waals surface area (Å²) in [7, 11) is 0. The molecule has 0 aliphatic rings. The maximum atomic E-state index is 11.9. The van der Waals surface area contributed by atoms with Crippen molar-refractivity contribution < 1.29 is 19.4 Å². The molecule has 2 aromatic rings. The first-order valence-electron chi connectivity index (χ1n) is 6.66. The Morgan fingerprint density at radius 1 is 1.36 bits per heavy atom. The average molecular weight is 369 g/mol. The van der Waals surface area contributed by atoms with Gasteiger partial charge in [0.25, 0.3) is 0 Å². The van der Waals surface area contributed by atoms with Gasteiger partial charge in [0.1, 0.15) is 12.1 Å². The minimum Gasteiger partial charge on any atom is -0.480 e. The van der Waals surface area contributed by atoms with Gasteiger partial charge in [0.15, 0.2) is 0 Å².